The molecule has 1 amide bonds. The number of halogens is 1. The SMILES string of the molecule is CSc1ncc2c(n1)-c1c(c(C(N)=O)cn1C1CCC(N)CC1)CC2.Cl. The van der Waals surface area contributed by atoms with Gasteiger partial charge in [-0.2, -0.15) is 0 Å². The van der Waals surface area contributed by atoms with E-state index in [0.717, 1.165) is 66.2 Å². The van der Waals surface area contributed by atoms with E-state index in [1.54, 1.807) is 0 Å². The summed E-state index contributed by atoms with van der Waals surface area (Å²) in [5, 5.41) is 0.755. The lowest BCUT2D eigenvalue weighted by atomic mass is 9.90. The Bertz CT molecular complexity index is 829. The van der Waals surface area contributed by atoms with Gasteiger partial charge in [-0.05, 0) is 55.9 Å². The van der Waals surface area contributed by atoms with Crippen molar-refractivity contribution in [2.75, 3.05) is 6.26 Å². The van der Waals surface area contributed by atoms with Crippen molar-refractivity contribution >= 4 is 30.1 Å². The first kappa shape index (κ1) is 19.2. The van der Waals surface area contributed by atoms with E-state index in [9.17, 15) is 4.79 Å². The Kier molecular flexibility index (Phi) is 5.60. The second-order valence-corrected chi connectivity index (χ2v) is 7.71. The van der Waals surface area contributed by atoms with E-state index in [-0.39, 0.29) is 24.4 Å². The quantitative estimate of drug-likeness (QED) is 0.616. The van der Waals surface area contributed by atoms with Crippen LogP contribution < -0.4 is 11.5 Å². The van der Waals surface area contributed by atoms with Crippen molar-refractivity contribution < 1.29 is 4.79 Å². The van der Waals surface area contributed by atoms with E-state index in [0.29, 0.717) is 11.6 Å². The number of nitrogens with zero attached hydrogens (tertiary/aromatic N) is 3. The largest absolute Gasteiger partial charge is 0.366 e. The highest BCUT2D eigenvalue weighted by molar-refractivity contribution is 7.98. The number of carbonyl (C=O) groups excluding carboxylic acids is 1. The number of aromatic nitrogens is 3. The summed E-state index contributed by atoms with van der Waals surface area (Å²) in [5.41, 5.74) is 16.6. The van der Waals surface area contributed by atoms with Crippen molar-refractivity contribution in [2.45, 2.75) is 55.8 Å². The minimum Gasteiger partial charge on any atom is -0.366 e. The third-order valence-corrected chi connectivity index (χ3v) is 5.99. The lowest BCUT2D eigenvalue weighted by molar-refractivity contribution is 0.0999. The summed E-state index contributed by atoms with van der Waals surface area (Å²) in [4.78, 5) is 21.2. The average molecular weight is 394 g/mol. The Morgan fingerprint density at radius 2 is 2.00 bits per heavy atom. The molecule has 0 aliphatic heterocycles. The second-order valence-electron chi connectivity index (χ2n) is 6.94. The van der Waals surface area contributed by atoms with Crippen LogP contribution in [0.25, 0.3) is 11.4 Å². The first-order chi connectivity index (χ1) is 12.1. The number of nitrogens with two attached hydrogens (primary N) is 2. The molecular weight excluding hydrogens is 370 g/mol. The van der Waals surface area contributed by atoms with Gasteiger partial charge >= 0.3 is 0 Å². The normalized spacial score (nSPS) is 21.5. The maximum atomic E-state index is 12.0. The number of rotatable bonds is 3. The zero-order chi connectivity index (χ0) is 17.6. The van der Waals surface area contributed by atoms with E-state index in [1.165, 1.54) is 11.8 Å². The number of thioether (sulfide) groups is 1. The van der Waals surface area contributed by atoms with Gasteiger partial charge in [0.1, 0.15) is 0 Å². The van der Waals surface area contributed by atoms with Crippen LogP contribution in [0.5, 0.6) is 0 Å². The Balaban J connectivity index is 0.00000196. The lowest BCUT2D eigenvalue weighted by Gasteiger charge is -2.30. The molecule has 0 saturated heterocycles. The van der Waals surface area contributed by atoms with E-state index in [1.807, 2.05) is 18.6 Å². The number of primary amides is 1. The lowest BCUT2D eigenvalue weighted by Crippen LogP contribution is -2.28. The zero-order valence-electron chi connectivity index (χ0n) is 14.8. The summed E-state index contributed by atoms with van der Waals surface area (Å²) in [7, 11) is 0. The van der Waals surface area contributed by atoms with Gasteiger partial charge < -0.3 is 16.0 Å². The van der Waals surface area contributed by atoms with Crippen LogP contribution in [0.2, 0.25) is 0 Å². The van der Waals surface area contributed by atoms with Crippen molar-refractivity contribution in [2.24, 2.45) is 11.5 Å². The van der Waals surface area contributed by atoms with Gasteiger partial charge in [0.2, 0.25) is 0 Å². The molecule has 6 nitrogen and oxygen atoms in total. The van der Waals surface area contributed by atoms with Gasteiger partial charge in [0.25, 0.3) is 5.91 Å². The minimum atomic E-state index is -0.356. The van der Waals surface area contributed by atoms with Gasteiger partial charge in [-0.25, -0.2) is 9.97 Å². The van der Waals surface area contributed by atoms with Crippen molar-refractivity contribution in [3.63, 3.8) is 0 Å². The summed E-state index contributed by atoms with van der Waals surface area (Å²) in [6.07, 6.45) is 11.6. The number of amides is 1. The Hall–Kier alpha value is -1.57. The molecule has 0 aromatic carbocycles. The summed E-state index contributed by atoms with van der Waals surface area (Å²) >= 11 is 1.53. The Morgan fingerprint density at radius 1 is 1.27 bits per heavy atom. The molecule has 2 aromatic rings. The van der Waals surface area contributed by atoms with E-state index in [4.69, 9.17) is 16.5 Å². The number of carbonyl (C=O) groups is 1. The standard InChI is InChI=1S/C18H23N5OS.ClH/c1-25-18-21-8-10-2-7-13-14(17(20)24)9-23(16(13)15(10)22-18)12-5-3-11(19)4-6-12;/h8-9,11-12H,2-7,19H2,1H3,(H2,20,24);1H. The first-order valence-electron chi connectivity index (χ1n) is 8.77. The maximum absolute atomic E-state index is 12.0. The van der Waals surface area contributed by atoms with Crippen LogP contribution in [0.1, 0.15) is 53.2 Å². The summed E-state index contributed by atoms with van der Waals surface area (Å²) < 4.78 is 2.25. The predicted octanol–water partition coefficient (Wildman–Crippen LogP) is 2.73. The molecule has 0 unspecified atom stereocenters. The molecule has 1 fully saturated rings. The number of fused-ring (bicyclic) bond motifs is 3. The number of aryl methyl sites for hydroxylation is 1. The van der Waals surface area contributed by atoms with E-state index < -0.39 is 0 Å². The van der Waals surface area contributed by atoms with Crippen molar-refractivity contribution in [3.8, 4) is 11.4 Å². The van der Waals surface area contributed by atoms with Gasteiger partial charge in [0.05, 0.1) is 17.0 Å². The van der Waals surface area contributed by atoms with Crippen molar-refractivity contribution in [1.82, 2.24) is 14.5 Å². The third kappa shape index (κ3) is 3.23. The molecule has 26 heavy (non-hydrogen) atoms. The van der Waals surface area contributed by atoms with Crippen molar-refractivity contribution in [1.29, 1.82) is 0 Å². The Morgan fingerprint density at radius 3 is 2.65 bits per heavy atom. The fourth-order valence-corrected chi connectivity index (χ4v) is 4.44. The van der Waals surface area contributed by atoms with Crippen molar-refractivity contribution in [3.05, 3.63) is 29.1 Å². The number of hydrogen-bond acceptors (Lipinski definition) is 5. The molecule has 2 aliphatic carbocycles. The highest BCUT2D eigenvalue weighted by Crippen LogP contribution is 2.40. The topological polar surface area (TPSA) is 99.8 Å². The predicted molar refractivity (Wildman–Crippen MR) is 106 cm³/mol. The highest BCUT2D eigenvalue weighted by atomic mass is 35.5. The molecule has 2 aromatic heterocycles. The molecular formula is C18H24ClN5OS. The molecule has 1 saturated carbocycles. The molecule has 0 atom stereocenters. The molecule has 8 heteroatoms. The van der Waals surface area contributed by atoms with Crippen LogP contribution in [0, 0.1) is 0 Å². The van der Waals surface area contributed by atoms with Gasteiger partial charge in [-0.3, -0.25) is 4.79 Å². The minimum absolute atomic E-state index is 0. The molecule has 0 radical (unpaired) electrons. The van der Waals surface area contributed by atoms with Crippen LogP contribution in [-0.2, 0) is 12.8 Å². The van der Waals surface area contributed by atoms with Crippen LogP contribution in [0.4, 0.5) is 0 Å². The van der Waals surface area contributed by atoms with Gasteiger partial charge in [-0.15, -0.1) is 12.4 Å². The smallest absolute Gasteiger partial charge is 0.250 e. The van der Waals surface area contributed by atoms with E-state index >= 15 is 0 Å². The monoisotopic (exact) mass is 393 g/mol. The highest BCUT2D eigenvalue weighted by Gasteiger charge is 2.31. The van der Waals surface area contributed by atoms with Crippen LogP contribution in [0.3, 0.4) is 0 Å². The molecule has 140 valence electrons. The molecule has 2 heterocycles. The average Bonchev–Trinajstić information content (AvgIpc) is 3.02. The van der Waals surface area contributed by atoms with Gasteiger partial charge in [0.15, 0.2) is 5.16 Å². The molecule has 2 aliphatic rings. The Labute approximate surface area is 163 Å². The molecule has 4 rings (SSSR count). The molecule has 0 bridgehead atoms. The van der Waals surface area contributed by atoms with Crippen LogP contribution in [-0.4, -0.2) is 32.7 Å². The fraction of sp³-hybridized carbons (Fsp3) is 0.500. The zero-order valence-corrected chi connectivity index (χ0v) is 16.4. The summed E-state index contributed by atoms with van der Waals surface area (Å²) in [5.74, 6) is -0.356. The van der Waals surface area contributed by atoms with Gasteiger partial charge in [-0.1, -0.05) is 11.8 Å². The molecule has 0 spiro atoms. The molecule has 4 N–H and O–H groups in total. The number of hydrogen-bond donors (Lipinski definition) is 2. The fourth-order valence-electron chi connectivity index (χ4n) is 4.10. The van der Waals surface area contributed by atoms with Crippen LogP contribution >= 0.6 is 24.2 Å². The third-order valence-electron chi connectivity index (χ3n) is 5.43. The maximum Gasteiger partial charge on any atom is 0.250 e. The summed E-state index contributed by atoms with van der Waals surface area (Å²) in [6.45, 7) is 0. The van der Waals surface area contributed by atoms with E-state index in [2.05, 4.69) is 9.55 Å². The second kappa shape index (κ2) is 7.58. The van der Waals surface area contributed by atoms with Gasteiger partial charge in [0, 0.05) is 24.5 Å². The van der Waals surface area contributed by atoms with Crippen LogP contribution in [0.15, 0.2) is 17.6 Å². The summed E-state index contributed by atoms with van der Waals surface area (Å²) in [6, 6.07) is 0.635. The first-order valence-corrected chi connectivity index (χ1v) is 10.00.